The van der Waals surface area contributed by atoms with Crippen molar-refractivity contribution in [1.29, 1.82) is 0 Å². The minimum absolute atomic E-state index is 0.626. The fourth-order valence-electron chi connectivity index (χ4n) is 2.76. The highest BCUT2D eigenvalue weighted by Crippen LogP contribution is 2.27. The van der Waals surface area contributed by atoms with Gasteiger partial charge in [-0.05, 0) is 31.0 Å². The van der Waals surface area contributed by atoms with Crippen LogP contribution < -0.4 is 10.1 Å². The number of methoxy groups -OCH3 is 1. The van der Waals surface area contributed by atoms with Crippen molar-refractivity contribution in [3.8, 4) is 17.0 Å². The van der Waals surface area contributed by atoms with Gasteiger partial charge in [0, 0.05) is 36.1 Å². The molecule has 0 saturated heterocycles. The van der Waals surface area contributed by atoms with Crippen LogP contribution in [0.15, 0.2) is 36.7 Å². The van der Waals surface area contributed by atoms with E-state index in [9.17, 15) is 0 Å². The second-order valence-electron chi connectivity index (χ2n) is 5.17. The van der Waals surface area contributed by atoms with Crippen molar-refractivity contribution in [2.45, 2.75) is 12.8 Å². The number of hydrogen-bond acceptors (Lipinski definition) is 4. The largest absolute Gasteiger partial charge is 0.481 e. The number of imidazole rings is 1. The van der Waals surface area contributed by atoms with Crippen LogP contribution in [-0.4, -0.2) is 28.0 Å². The van der Waals surface area contributed by atoms with E-state index in [0.29, 0.717) is 5.88 Å². The van der Waals surface area contributed by atoms with E-state index < -0.39 is 0 Å². The Morgan fingerprint density at radius 2 is 2.10 bits per heavy atom. The number of hydrogen-bond donors (Lipinski definition) is 1. The summed E-state index contributed by atoms with van der Waals surface area (Å²) in [5, 5.41) is 3.45. The molecule has 0 aliphatic carbocycles. The van der Waals surface area contributed by atoms with Crippen LogP contribution in [0.2, 0.25) is 0 Å². The molecular weight excluding hydrogens is 264 g/mol. The van der Waals surface area contributed by atoms with Crippen molar-refractivity contribution >= 4 is 11.5 Å². The van der Waals surface area contributed by atoms with Gasteiger partial charge < -0.3 is 10.1 Å². The van der Waals surface area contributed by atoms with Crippen LogP contribution >= 0.6 is 0 Å². The van der Waals surface area contributed by atoms with Gasteiger partial charge in [-0.3, -0.25) is 4.40 Å². The molecule has 5 nitrogen and oxygen atoms in total. The molecule has 1 N–H and O–H groups in total. The van der Waals surface area contributed by atoms with Crippen molar-refractivity contribution in [2.75, 3.05) is 19.0 Å². The molecular formula is C16H16N4O. The Balaban J connectivity index is 1.82. The summed E-state index contributed by atoms with van der Waals surface area (Å²) in [4.78, 5) is 8.95. The van der Waals surface area contributed by atoms with Crippen molar-refractivity contribution in [3.05, 3.63) is 42.4 Å². The number of ether oxygens (including phenoxy) is 1. The fourth-order valence-corrected chi connectivity index (χ4v) is 2.76. The summed E-state index contributed by atoms with van der Waals surface area (Å²) in [5.41, 5.74) is 4.33. The molecule has 0 fully saturated rings. The van der Waals surface area contributed by atoms with E-state index in [1.165, 1.54) is 0 Å². The molecule has 1 aliphatic heterocycles. The average Bonchev–Trinajstić information content (AvgIpc) is 2.93. The number of aromatic nitrogens is 3. The van der Waals surface area contributed by atoms with Gasteiger partial charge in [0.25, 0.3) is 0 Å². The Morgan fingerprint density at radius 1 is 1.19 bits per heavy atom. The normalized spacial score (nSPS) is 13.8. The standard InChI is InChI=1S/C16H16N4O/c1-21-15-7-5-11(9-18-15)12-4-6-14-19-13-3-2-8-17-16(13)20(14)10-12/h4-7,9-10,17H,2-3,8H2,1H3. The molecule has 0 spiro atoms. The maximum atomic E-state index is 5.10. The van der Waals surface area contributed by atoms with Crippen molar-refractivity contribution in [2.24, 2.45) is 0 Å². The Morgan fingerprint density at radius 3 is 2.90 bits per heavy atom. The molecule has 0 radical (unpaired) electrons. The van der Waals surface area contributed by atoms with E-state index >= 15 is 0 Å². The van der Waals surface area contributed by atoms with Gasteiger partial charge in [0.1, 0.15) is 11.5 Å². The molecule has 3 aromatic rings. The maximum absolute atomic E-state index is 5.10. The minimum atomic E-state index is 0.626. The highest BCUT2D eigenvalue weighted by molar-refractivity contribution is 5.67. The average molecular weight is 280 g/mol. The third-order valence-corrected chi connectivity index (χ3v) is 3.85. The lowest BCUT2D eigenvalue weighted by Gasteiger charge is -2.13. The molecule has 0 amide bonds. The molecule has 106 valence electrons. The second-order valence-corrected chi connectivity index (χ2v) is 5.17. The van der Waals surface area contributed by atoms with Crippen molar-refractivity contribution in [1.82, 2.24) is 14.4 Å². The highest BCUT2D eigenvalue weighted by Gasteiger charge is 2.15. The minimum Gasteiger partial charge on any atom is -0.481 e. The van der Waals surface area contributed by atoms with Gasteiger partial charge in [0.15, 0.2) is 0 Å². The smallest absolute Gasteiger partial charge is 0.212 e. The quantitative estimate of drug-likeness (QED) is 0.784. The number of aryl methyl sites for hydroxylation is 1. The van der Waals surface area contributed by atoms with E-state index in [0.717, 1.165) is 47.7 Å². The summed E-state index contributed by atoms with van der Waals surface area (Å²) in [6.45, 7) is 1.01. The monoisotopic (exact) mass is 280 g/mol. The Kier molecular flexibility index (Phi) is 2.77. The zero-order chi connectivity index (χ0) is 14.2. The number of anilines is 1. The van der Waals surface area contributed by atoms with Crippen LogP contribution in [0.3, 0.4) is 0 Å². The highest BCUT2D eigenvalue weighted by atomic mass is 16.5. The molecule has 0 bridgehead atoms. The predicted molar refractivity (Wildman–Crippen MR) is 81.8 cm³/mol. The maximum Gasteiger partial charge on any atom is 0.212 e. The number of rotatable bonds is 2. The predicted octanol–water partition coefficient (Wildman–Crippen LogP) is 2.76. The van der Waals surface area contributed by atoms with Crippen LogP contribution in [0.1, 0.15) is 12.1 Å². The van der Waals surface area contributed by atoms with Gasteiger partial charge in [-0.15, -0.1) is 0 Å². The van der Waals surface area contributed by atoms with E-state index in [1.807, 2.05) is 18.3 Å². The third kappa shape index (κ3) is 2.01. The molecule has 5 heteroatoms. The Hall–Kier alpha value is -2.56. The lowest BCUT2D eigenvalue weighted by molar-refractivity contribution is 0.398. The third-order valence-electron chi connectivity index (χ3n) is 3.85. The summed E-state index contributed by atoms with van der Waals surface area (Å²) in [6.07, 6.45) is 6.13. The van der Waals surface area contributed by atoms with Crippen LogP contribution in [0.5, 0.6) is 5.88 Å². The van der Waals surface area contributed by atoms with Gasteiger partial charge >= 0.3 is 0 Å². The van der Waals surface area contributed by atoms with Gasteiger partial charge in [0.05, 0.1) is 12.8 Å². The van der Waals surface area contributed by atoms with Crippen molar-refractivity contribution < 1.29 is 4.74 Å². The molecule has 4 heterocycles. The van der Waals surface area contributed by atoms with E-state index in [-0.39, 0.29) is 0 Å². The zero-order valence-corrected chi connectivity index (χ0v) is 11.8. The van der Waals surface area contributed by atoms with E-state index in [4.69, 9.17) is 4.74 Å². The summed E-state index contributed by atoms with van der Waals surface area (Å²) in [7, 11) is 1.62. The Bertz CT molecular complexity index is 792. The number of nitrogens with one attached hydrogen (secondary N) is 1. The zero-order valence-electron chi connectivity index (χ0n) is 11.8. The van der Waals surface area contributed by atoms with Crippen LogP contribution in [0, 0.1) is 0 Å². The van der Waals surface area contributed by atoms with E-state index in [1.54, 1.807) is 7.11 Å². The SMILES string of the molecule is COc1ccc(-c2ccc3nc4c(n3c2)NCCC4)cn1. The van der Waals surface area contributed by atoms with Gasteiger partial charge in [-0.1, -0.05) is 0 Å². The summed E-state index contributed by atoms with van der Waals surface area (Å²) >= 11 is 0. The molecule has 0 atom stereocenters. The molecule has 21 heavy (non-hydrogen) atoms. The first-order valence-electron chi connectivity index (χ1n) is 7.10. The first kappa shape index (κ1) is 12.2. The van der Waals surface area contributed by atoms with Crippen LogP contribution in [0.4, 0.5) is 5.82 Å². The molecule has 0 saturated carbocycles. The summed E-state index contributed by atoms with van der Waals surface area (Å²) < 4.78 is 7.23. The lowest BCUT2D eigenvalue weighted by Crippen LogP contribution is -2.12. The first-order chi connectivity index (χ1) is 10.3. The molecule has 0 unspecified atom stereocenters. The topological polar surface area (TPSA) is 51.5 Å². The Labute approximate surface area is 122 Å². The number of fused-ring (bicyclic) bond motifs is 3. The van der Waals surface area contributed by atoms with Gasteiger partial charge in [0.2, 0.25) is 5.88 Å². The number of nitrogens with zero attached hydrogens (tertiary/aromatic N) is 3. The molecule has 4 rings (SSSR count). The molecule has 1 aliphatic rings. The van der Waals surface area contributed by atoms with E-state index in [2.05, 4.69) is 38.0 Å². The summed E-state index contributed by atoms with van der Waals surface area (Å²) in [5.74, 6) is 1.75. The summed E-state index contributed by atoms with van der Waals surface area (Å²) in [6, 6.07) is 8.03. The number of pyridine rings is 2. The first-order valence-corrected chi connectivity index (χ1v) is 7.10. The lowest BCUT2D eigenvalue weighted by atomic mass is 10.1. The second kappa shape index (κ2) is 4.77. The molecule has 0 aromatic carbocycles. The van der Waals surface area contributed by atoms with Crippen LogP contribution in [-0.2, 0) is 6.42 Å². The fraction of sp³-hybridized carbons (Fsp3) is 0.250. The van der Waals surface area contributed by atoms with Gasteiger partial charge in [-0.25, -0.2) is 9.97 Å². The molecule has 3 aromatic heterocycles. The van der Waals surface area contributed by atoms with Gasteiger partial charge in [-0.2, -0.15) is 0 Å². The van der Waals surface area contributed by atoms with Crippen LogP contribution in [0.25, 0.3) is 16.8 Å². The van der Waals surface area contributed by atoms with Crippen molar-refractivity contribution in [3.63, 3.8) is 0 Å².